The van der Waals surface area contributed by atoms with E-state index < -0.39 is 4.92 Å². The summed E-state index contributed by atoms with van der Waals surface area (Å²) in [6.07, 6.45) is 1.76. The number of benzene rings is 1. The smallest absolute Gasteiger partial charge is 0.311 e. The van der Waals surface area contributed by atoms with Gasteiger partial charge in [0.05, 0.1) is 11.5 Å². The number of anilines is 1. The Labute approximate surface area is 148 Å². The summed E-state index contributed by atoms with van der Waals surface area (Å²) in [6.45, 7) is 4.58. The molecular weight excluding hydrogens is 344 g/mol. The predicted molar refractivity (Wildman–Crippen MR) is 94.5 cm³/mol. The van der Waals surface area contributed by atoms with Crippen molar-refractivity contribution in [3.8, 4) is 5.75 Å². The number of rotatable bonds is 5. The van der Waals surface area contributed by atoms with Crippen LogP contribution in [0.1, 0.15) is 17.3 Å². The summed E-state index contributed by atoms with van der Waals surface area (Å²) in [7, 11) is 0. The highest BCUT2D eigenvalue weighted by Gasteiger charge is 2.25. The van der Waals surface area contributed by atoms with Gasteiger partial charge in [0.1, 0.15) is 0 Å². The molecule has 1 aromatic heterocycles. The van der Waals surface area contributed by atoms with Crippen LogP contribution in [0.5, 0.6) is 5.75 Å². The SMILES string of the molecule is CCOc1ccc(C(=O)N2CCN(c3nccs3)CC2)cc1[N+](=O)[O-]. The molecule has 1 aliphatic heterocycles. The maximum atomic E-state index is 12.7. The Morgan fingerprint density at radius 3 is 2.72 bits per heavy atom. The maximum Gasteiger partial charge on any atom is 0.311 e. The number of nitrogens with zero attached hydrogens (tertiary/aromatic N) is 4. The number of nitro groups is 1. The number of thiazole rings is 1. The van der Waals surface area contributed by atoms with Gasteiger partial charge in [-0.25, -0.2) is 4.98 Å². The van der Waals surface area contributed by atoms with Crippen LogP contribution in [0.25, 0.3) is 0 Å². The normalized spacial score (nSPS) is 14.4. The van der Waals surface area contributed by atoms with Crippen LogP contribution in [0.15, 0.2) is 29.8 Å². The molecule has 9 heteroatoms. The van der Waals surface area contributed by atoms with Gasteiger partial charge in [-0.3, -0.25) is 14.9 Å². The van der Waals surface area contributed by atoms with Gasteiger partial charge in [-0.15, -0.1) is 11.3 Å². The molecule has 0 unspecified atom stereocenters. The van der Waals surface area contributed by atoms with Gasteiger partial charge in [0, 0.05) is 49.4 Å². The molecule has 132 valence electrons. The van der Waals surface area contributed by atoms with Gasteiger partial charge in [-0.2, -0.15) is 0 Å². The van der Waals surface area contributed by atoms with Crippen molar-refractivity contribution in [3.05, 3.63) is 45.5 Å². The van der Waals surface area contributed by atoms with Crippen LogP contribution < -0.4 is 9.64 Å². The van der Waals surface area contributed by atoms with Gasteiger partial charge in [0.15, 0.2) is 10.9 Å². The predicted octanol–water partition coefficient (Wildman–Crippen LogP) is 2.41. The molecule has 0 bridgehead atoms. The molecule has 2 aromatic rings. The molecule has 0 N–H and O–H groups in total. The maximum absolute atomic E-state index is 12.7. The largest absolute Gasteiger partial charge is 0.487 e. The van der Waals surface area contributed by atoms with Gasteiger partial charge in [-0.05, 0) is 19.1 Å². The van der Waals surface area contributed by atoms with Crippen molar-refractivity contribution < 1.29 is 14.5 Å². The van der Waals surface area contributed by atoms with Crippen LogP contribution in [-0.4, -0.2) is 53.5 Å². The standard InChI is InChI=1S/C16H18N4O4S/c1-2-24-14-4-3-12(11-13(14)20(22)23)15(21)18-6-8-19(9-7-18)16-17-5-10-25-16/h3-5,10-11H,2,6-9H2,1H3. The fraction of sp³-hybridized carbons (Fsp3) is 0.375. The Bertz CT molecular complexity index is 758. The third kappa shape index (κ3) is 3.71. The number of piperazine rings is 1. The first kappa shape index (κ1) is 17.2. The minimum absolute atomic E-state index is 0.178. The molecule has 1 aliphatic rings. The highest BCUT2D eigenvalue weighted by Crippen LogP contribution is 2.29. The number of ether oxygens (including phenoxy) is 1. The molecule has 3 rings (SSSR count). The monoisotopic (exact) mass is 362 g/mol. The van der Waals surface area contributed by atoms with Crippen LogP contribution in [-0.2, 0) is 0 Å². The number of aromatic nitrogens is 1. The number of carbonyl (C=O) groups is 1. The molecule has 1 amide bonds. The molecule has 25 heavy (non-hydrogen) atoms. The van der Waals surface area contributed by atoms with Crippen LogP contribution in [0.2, 0.25) is 0 Å². The second-order valence-electron chi connectivity index (χ2n) is 5.47. The summed E-state index contributed by atoms with van der Waals surface area (Å²) in [4.78, 5) is 31.5. The van der Waals surface area contributed by atoms with Crippen molar-refractivity contribution in [2.24, 2.45) is 0 Å². The highest BCUT2D eigenvalue weighted by atomic mass is 32.1. The van der Waals surface area contributed by atoms with Crippen molar-refractivity contribution >= 4 is 28.1 Å². The number of hydrogen-bond acceptors (Lipinski definition) is 7. The zero-order chi connectivity index (χ0) is 17.8. The van der Waals surface area contributed by atoms with Gasteiger partial charge in [-0.1, -0.05) is 0 Å². The van der Waals surface area contributed by atoms with Gasteiger partial charge >= 0.3 is 5.69 Å². The van der Waals surface area contributed by atoms with Crippen molar-refractivity contribution in [3.63, 3.8) is 0 Å². The molecule has 0 spiro atoms. The van der Waals surface area contributed by atoms with E-state index in [0.29, 0.717) is 38.3 Å². The van der Waals surface area contributed by atoms with E-state index in [1.54, 1.807) is 35.4 Å². The second-order valence-corrected chi connectivity index (χ2v) is 6.34. The highest BCUT2D eigenvalue weighted by molar-refractivity contribution is 7.13. The lowest BCUT2D eigenvalue weighted by atomic mass is 10.1. The third-order valence-corrected chi connectivity index (χ3v) is 4.79. The molecule has 1 fully saturated rings. The Kier molecular flexibility index (Phi) is 5.13. The molecular formula is C16H18N4O4S. The van der Waals surface area contributed by atoms with E-state index in [1.807, 2.05) is 5.38 Å². The molecule has 0 aliphatic carbocycles. The summed E-state index contributed by atoms with van der Waals surface area (Å²) in [5.41, 5.74) is 0.118. The fourth-order valence-electron chi connectivity index (χ4n) is 2.73. The number of hydrogen-bond donors (Lipinski definition) is 0. The van der Waals surface area contributed by atoms with Crippen molar-refractivity contribution in [1.29, 1.82) is 0 Å². The van der Waals surface area contributed by atoms with E-state index in [9.17, 15) is 14.9 Å². The van der Waals surface area contributed by atoms with E-state index in [4.69, 9.17) is 4.74 Å². The van der Waals surface area contributed by atoms with Gasteiger partial charge < -0.3 is 14.5 Å². The minimum atomic E-state index is -0.526. The first-order valence-corrected chi connectivity index (χ1v) is 8.83. The molecule has 0 radical (unpaired) electrons. The minimum Gasteiger partial charge on any atom is -0.487 e. The Morgan fingerprint density at radius 1 is 1.36 bits per heavy atom. The molecule has 0 saturated carbocycles. The molecule has 1 saturated heterocycles. The van der Waals surface area contributed by atoms with E-state index in [0.717, 1.165) is 5.13 Å². The zero-order valence-corrected chi connectivity index (χ0v) is 14.6. The van der Waals surface area contributed by atoms with Crippen molar-refractivity contribution in [2.45, 2.75) is 6.92 Å². The lowest BCUT2D eigenvalue weighted by Crippen LogP contribution is -2.48. The van der Waals surface area contributed by atoms with E-state index in [1.165, 1.54) is 12.1 Å². The summed E-state index contributed by atoms with van der Waals surface area (Å²) in [6, 6.07) is 4.36. The van der Waals surface area contributed by atoms with Crippen molar-refractivity contribution in [1.82, 2.24) is 9.88 Å². The quantitative estimate of drug-likeness (QED) is 0.599. The van der Waals surface area contributed by atoms with Gasteiger partial charge in [0.2, 0.25) is 0 Å². The number of amides is 1. The lowest BCUT2D eigenvalue weighted by molar-refractivity contribution is -0.385. The molecule has 8 nitrogen and oxygen atoms in total. The van der Waals surface area contributed by atoms with E-state index in [2.05, 4.69) is 9.88 Å². The van der Waals surface area contributed by atoms with E-state index in [-0.39, 0.29) is 17.3 Å². The Balaban J connectivity index is 1.71. The summed E-state index contributed by atoms with van der Waals surface area (Å²) < 4.78 is 5.25. The van der Waals surface area contributed by atoms with Crippen LogP contribution >= 0.6 is 11.3 Å². The topological polar surface area (TPSA) is 88.8 Å². The Hall–Kier alpha value is -2.68. The average Bonchev–Trinajstić information content (AvgIpc) is 3.16. The molecule has 1 aromatic carbocycles. The van der Waals surface area contributed by atoms with E-state index >= 15 is 0 Å². The first-order chi connectivity index (χ1) is 12.1. The average molecular weight is 362 g/mol. The van der Waals surface area contributed by atoms with Gasteiger partial charge in [0.25, 0.3) is 5.91 Å². The zero-order valence-electron chi connectivity index (χ0n) is 13.8. The van der Waals surface area contributed by atoms with Crippen LogP contribution in [0.4, 0.5) is 10.8 Å². The lowest BCUT2D eigenvalue weighted by Gasteiger charge is -2.34. The first-order valence-electron chi connectivity index (χ1n) is 7.95. The summed E-state index contributed by atoms with van der Waals surface area (Å²) >= 11 is 1.57. The number of nitro benzene ring substituents is 1. The third-order valence-electron chi connectivity index (χ3n) is 3.96. The summed E-state index contributed by atoms with van der Waals surface area (Å²) in [5, 5.41) is 14.1. The molecule has 0 atom stereocenters. The van der Waals surface area contributed by atoms with Crippen LogP contribution in [0.3, 0.4) is 0 Å². The molecule has 2 heterocycles. The Morgan fingerprint density at radius 2 is 2.12 bits per heavy atom. The number of carbonyl (C=O) groups excluding carboxylic acids is 1. The van der Waals surface area contributed by atoms with Crippen LogP contribution in [0, 0.1) is 10.1 Å². The fourth-order valence-corrected chi connectivity index (χ4v) is 3.42. The summed E-state index contributed by atoms with van der Waals surface area (Å²) in [5.74, 6) is -0.0254. The van der Waals surface area contributed by atoms with Crippen molar-refractivity contribution in [2.75, 3.05) is 37.7 Å². The second kappa shape index (κ2) is 7.47.